The molecule has 8 nitrogen and oxygen atoms in total. The number of carboxylic acids is 1. The van der Waals surface area contributed by atoms with Crippen LogP contribution in [0, 0.1) is 0 Å². The van der Waals surface area contributed by atoms with Crippen LogP contribution in [0.5, 0.6) is 23.0 Å². The summed E-state index contributed by atoms with van der Waals surface area (Å²) in [5, 5.41) is 20.2. The van der Waals surface area contributed by atoms with Crippen molar-refractivity contribution in [3.63, 3.8) is 0 Å². The first-order valence-electron chi connectivity index (χ1n) is 10.2. The van der Waals surface area contributed by atoms with Crippen LogP contribution in [0.1, 0.15) is 54.2 Å². The summed E-state index contributed by atoms with van der Waals surface area (Å²) in [6.45, 7) is 6.49. The molecule has 2 aromatic carbocycles. The monoisotopic (exact) mass is 429 g/mol. The van der Waals surface area contributed by atoms with E-state index in [4.69, 9.17) is 14.2 Å². The lowest BCUT2D eigenvalue weighted by Crippen LogP contribution is -2.42. The van der Waals surface area contributed by atoms with Crippen LogP contribution in [-0.2, 0) is 4.79 Å². The maximum absolute atomic E-state index is 13.2. The number of hydrogen-bond donors (Lipinski definition) is 2. The van der Waals surface area contributed by atoms with Gasteiger partial charge in [0, 0.05) is 12.6 Å². The third-order valence-corrected chi connectivity index (χ3v) is 5.23. The number of hydrogen-bond acceptors (Lipinski definition) is 6. The summed E-state index contributed by atoms with van der Waals surface area (Å²) in [5.74, 6) is -1.48. The normalized spacial score (nSPS) is 17.8. The Morgan fingerprint density at radius 3 is 2.13 bits per heavy atom. The molecule has 2 atom stereocenters. The number of phenols is 1. The Labute approximate surface area is 181 Å². The average molecular weight is 429 g/mol. The van der Waals surface area contributed by atoms with Gasteiger partial charge in [0.2, 0.25) is 0 Å². The van der Waals surface area contributed by atoms with Gasteiger partial charge < -0.3 is 29.3 Å². The van der Waals surface area contributed by atoms with Crippen LogP contribution in [0.3, 0.4) is 0 Å². The number of carbonyl (C=O) groups is 2. The van der Waals surface area contributed by atoms with Gasteiger partial charge in [0.15, 0.2) is 23.0 Å². The predicted octanol–water partition coefficient (Wildman–Crippen LogP) is 3.58. The lowest BCUT2D eigenvalue weighted by molar-refractivity contribution is -0.140. The Morgan fingerprint density at radius 1 is 0.968 bits per heavy atom. The number of aromatic hydroxyl groups is 1. The summed E-state index contributed by atoms with van der Waals surface area (Å²) < 4.78 is 16.7. The second kappa shape index (κ2) is 9.16. The maximum Gasteiger partial charge on any atom is 0.313 e. The van der Waals surface area contributed by atoms with E-state index < -0.39 is 17.9 Å². The Bertz CT molecular complexity index is 988. The SMILES string of the molecule is CCOc1cc([C@H]2[C@H](C(=O)O)c3cc(OCC)c(OCC)cc3C(=O)N2C)ccc1O. The largest absolute Gasteiger partial charge is 0.504 e. The summed E-state index contributed by atoms with van der Waals surface area (Å²) in [5.41, 5.74) is 1.17. The minimum absolute atomic E-state index is 0.0531. The highest BCUT2D eigenvalue weighted by molar-refractivity contribution is 6.01. The van der Waals surface area contributed by atoms with E-state index in [0.717, 1.165) is 0 Å². The topological polar surface area (TPSA) is 106 Å². The molecule has 2 N–H and O–H groups in total. The van der Waals surface area contributed by atoms with Gasteiger partial charge in [-0.3, -0.25) is 9.59 Å². The molecule has 166 valence electrons. The van der Waals surface area contributed by atoms with Crippen molar-refractivity contribution in [1.82, 2.24) is 4.90 Å². The zero-order valence-corrected chi connectivity index (χ0v) is 18.0. The van der Waals surface area contributed by atoms with E-state index in [9.17, 15) is 19.8 Å². The van der Waals surface area contributed by atoms with E-state index in [2.05, 4.69) is 0 Å². The Hall–Kier alpha value is -3.42. The predicted molar refractivity (Wildman–Crippen MR) is 113 cm³/mol. The van der Waals surface area contributed by atoms with Crippen LogP contribution in [0.2, 0.25) is 0 Å². The zero-order chi connectivity index (χ0) is 22.7. The second-order valence-corrected chi connectivity index (χ2v) is 7.09. The van der Waals surface area contributed by atoms with Gasteiger partial charge in [0.1, 0.15) is 5.92 Å². The minimum Gasteiger partial charge on any atom is -0.504 e. The van der Waals surface area contributed by atoms with Crippen LogP contribution >= 0.6 is 0 Å². The Balaban J connectivity index is 2.19. The first kappa shape index (κ1) is 22.3. The molecule has 1 amide bonds. The number of rotatable bonds is 8. The molecule has 0 aromatic heterocycles. The summed E-state index contributed by atoms with van der Waals surface area (Å²) in [6, 6.07) is 6.96. The first-order chi connectivity index (χ1) is 14.8. The zero-order valence-electron chi connectivity index (χ0n) is 18.0. The number of benzene rings is 2. The van der Waals surface area contributed by atoms with Crippen molar-refractivity contribution in [2.75, 3.05) is 26.9 Å². The molecule has 1 aliphatic rings. The molecule has 0 aliphatic carbocycles. The number of carbonyl (C=O) groups excluding carboxylic acids is 1. The molecule has 2 aromatic rings. The highest BCUT2D eigenvalue weighted by Gasteiger charge is 2.44. The Kier molecular flexibility index (Phi) is 6.58. The average Bonchev–Trinajstić information content (AvgIpc) is 2.73. The summed E-state index contributed by atoms with van der Waals surface area (Å²) >= 11 is 0. The van der Waals surface area contributed by atoms with Gasteiger partial charge >= 0.3 is 5.97 Å². The quantitative estimate of drug-likeness (QED) is 0.661. The third kappa shape index (κ3) is 4.10. The molecule has 0 unspecified atom stereocenters. The smallest absolute Gasteiger partial charge is 0.313 e. The molecule has 1 heterocycles. The molecule has 1 aliphatic heterocycles. The van der Waals surface area contributed by atoms with Gasteiger partial charge in [0.25, 0.3) is 5.91 Å². The van der Waals surface area contributed by atoms with E-state index in [-0.39, 0.29) is 23.0 Å². The number of nitrogens with zero attached hydrogens (tertiary/aromatic N) is 1. The van der Waals surface area contributed by atoms with Crippen molar-refractivity contribution >= 4 is 11.9 Å². The molecule has 8 heteroatoms. The van der Waals surface area contributed by atoms with Gasteiger partial charge in [0.05, 0.1) is 25.9 Å². The summed E-state index contributed by atoms with van der Waals surface area (Å²) in [6.07, 6.45) is 0. The summed E-state index contributed by atoms with van der Waals surface area (Å²) in [4.78, 5) is 27.0. The molecule has 0 radical (unpaired) electrons. The van der Waals surface area contributed by atoms with Crippen molar-refractivity contribution in [2.24, 2.45) is 0 Å². The molecule has 3 rings (SSSR count). The van der Waals surface area contributed by atoms with Gasteiger partial charge in [-0.1, -0.05) is 6.07 Å². The van der Waals surface area contributed by atoms with Crippen molar-refractivity contribution in [3.05, 3.63) is 47.0 Å². The fourth-order valence-electron chi connectivity index (χ4n) is 3.93. The van der Waals surface area contributed by atoms with Crippen LogP contribution in [0.25, 0.3) is 0 Å². The number of carboxylic acid groups (broad SMARTS) is 1. The number of fused-ring (bicyclic) bond motifs is 1. The lowest BCUT2D eigenvalue weighted by atomic mass is 9.79. The van der Waals surface area contributed by atoms with Crippen molar-refractivity contribution in [1.29, 1.82) is 0 Å². The van der Waals surface area contributed by atoms with E-state index in [1.54, 1.807) is 38.2 Å². The van der Waals surface area contributed by atoms with E-state index in [1.165, 1.54) is 11.0 Å². The van der Waals surface area contributed by atoms with Gasteiger partial charge in [-0.15, -0.1) is 0 Å². The van der Waals surface area contributed by atoms with Gasteiger partial charge in [-0.25, -0.2) is 0 Å². The van der Waals surface area contributed by atoms with Crippen molar-refractivity contribution in [3.8, 4) is 23.0 Å². The fraction of sp³-hybridized carbons (Fsp3) is 0.391. The number of phenolic OH excluding ortho intramolecular Hbond substituents is 1. The lowest BCUT2D eigenvalue weighted by Gasteiger charge is -2.39. The van der Waals surface area contributed by atoms with E-state index in [0.29, 0.717) is 42.4 Å². The van der Waals surface area contributed by atoms with Crippen LogP contribution in [-0.4, -0.2) is 53.9 Å². The van der Waals surface area contributed by atoms with Crippen molar-refractivity contribution < 1.29 is 34.0 Å². The van der Waals surface area contributed by atoms with Crippen molar-refractivity contribution in [2.45, 2.75) is 32.7 Å². The molecular formula is C23H27NO7. The molecule has 31 heavy (non-hydrogen) atoms. The fourth-order valence-corrected chi connectivity index (χ4v) is 3.93. The number of aliphatic carboxylic acids is 1. The maximum atomic E-state index is 13.2. The molecule has 0 bridgehead atoms. The van der Waals surface area contributed by atoms with E-state index >= 15 is 0 Å². The van der Waals surface area contributed by atoms with Crippen LogP contribution in [0.15, 0.2) is 30.3 Å². The number of likely N-dealkylation sites (N-methyl/N-ethyl adjacent to an activating group) is 1. The summed E-state index contributed by atoms with van der Waals surface area (Å²) in [7, 11) is 1.57. The van der Waals surface area contributed by atoms with E-state index in [1.807, 2.05) is 13.8 Å². The van der Waals surface area contributed by atoms with Gasteiger partial charge in [-0.2, -0.15) is 0 Å². The highest BCUT2D eigenvalue weighted by Crippen LogP contribution is 2.46. The standard InChI is InChI=1S/C23H27NO7/c1-5-29-17-10-13(8-9-16(17)25)21-20(23(27)28)14-11-18(30-6-2)19(31-7-3)12-15(14)22(26)24(21)4/h8-12,20-21,25H,5-7H2,1-4H3,(H,27,28)/t20-,21+/m1/s1. The van der Waals surface area contributed by atoms with Gasteiger partial charge in [-0.05, 0) is 56.2 Å². The van der Waals surface area contributed by atoms with Crippen LogP contribution < -0.4 is 14.2 Å². The molecule has 0 saturated carbocycles. The third-order valence-electron chi connectivity index (χ3n) is 5.23. The Morgan fingerprint density at radius 2 is 1.55 bits per heavy atom. The molecule has 0 fully saturated rings. The first-order valence-corrected chi connectivity index (χ1v) is 10.2. The second-order valence-electron chi connectivity index (χ2n) is 7.09. The molecule has 0 saturated heterocycles. The highest BCUT2D eigenvalue weighted by atomic mass is 16.5. The number of ether oxygens (including phenoxy) is 3. The molecular weight excluding hydrogens is 402 g/mol. The molecule has 0 spiro atoms. The number of amides is 1. The minimum atomic E-state index is -1.08. The van der Waals surface area contributed by atoms with Crippen LogP contribution in [0.4, 0.5) is 0 Å².